The van der Waals surface area contributed by atoms with Crippen LogP contribution < -0.4 is 21.7 Å². The molecule has 1 aliphatic carbocycles. The van der Waals surface area contributed by atoms with E-state index in [1.165, 1.54) is 23.5 Å². The number of nitrogens with one attached hydrogen (secondary N) is 3. The van der Waals surface area contributed by atoms with Crippen molar-refractivity contribution in [2.24, 2.45) is 17.6 Å². The van der Waals surface area contributed by atoms with E-state index < -0.39 is 30.0 Å². The molecule has 3 atom stereocenters. The van der Waals surface area contributed by atoms with Crippen molar-refractivity contribution in [2.45, 2.75) is 89.3 Å². The molecule has 1 aromatic heterocycles. The summed E-state index contributed by atoms with van der Waals surface area (Å²) in [6.45, 7) is 2.18. The second kappa shape index (κ2) is 18.7. The van der Waals surface area contributed by atoms with Crippen LogP contribution in [0.2, 0.25) is 0 Å². The van der Waals surface area contributed by atoms with Gasteiger partial charge in [-0.05, 0) is 67.5 Å². The van der Waals surface area contributed by atoms with E-state index >= 15 is 0 Å². The van der Waals surface area contributed by atoms with Gasteiger partial charge in [-0.15, -0.1) is 11.3 Å². The topological polar surface area (TPSA) is 143 Å². The van der Waals surface area contributed by atoms with Crippen molar-refractivity contribution >= 4 is 45.1 Å². The number of aromatic nitrogens is 1. The van der Waals surface area contributed by atoms with Crippen LogP contribution >= 0.6 is 11.3 Å². The molecule has 1 fully saturated rings. The van der Waals surface area contributed by atoms with Crippen LogP contribution in [0.1, 0.15) is 86.9 Å². The molecule has 11 heteroatoms. The molecule has 4 aromatic rings. The van der Waals surface area contributed by atoms with E-state index in [2.05, 4.69) is 20.9 Å². The number of fused-ring (bicyclic) bond motifs is 1. The van der Waals surface area contributed by atoms with Gasteiger partial charge in [0.05, 0.1) is 27.3 Å². The lowest BCUT2D eigenvalue weighted by molar-refractivity contribution is -0.134. The van der Waals surface area contributed by atoms with E-state index in [1.54, 1.807) is 13.0 Å². The van der Waals surface area contributed by atoms with Crippen LogP contribution in [-0.2, 0) is 25.6 Å². The smallest absolute Gasteiger partial charge is 0.243 e. The zero-order valence-corrected chi connectivity index (χ0v) is 29.9. The standard InChI is InChI=1S/C40H48FN5O4S/c1-2-35(48)43-32(25-36-44-31-21-20-30(41)24-34(31)51-36)40(50)46-38(28-17-9-10-18-28)33(47)23-29(19-11-12-22-42)39(49)45-37(26-13-5-3-6-14-26)27-15-7-4-8-16-27/h3-8,13-16,20-21,24,28-29,32,37-38H,2,9-12,17-19,22-23,25,42H2,1H3,(H,43,48)(H,45,49)(H,46,50)/t29-,32+,38+/m1/s1. The molecule has 1 saturated carbocycles. The highest BCUT2D eigenvalue weighted by Gasteiger charge is 2.36. The molecule has 1 aliphatic rings. The van der Waals surface area contributed by atoms with Crippen LogP contribution in [0.15, 0.2) is 78.9 Å². The van der Waals surface area contributed by atoms with Gasteiger partial charge in [0.1, 0.15) is 11.9 Å². The number of carbonyl (C=O) groups is 4. The fourth-order valence-corrected chi connectivity index (χ4v) is 7.90. The predicted octanol–water partition coefficient (Wildman–Crippen LogP) is 6.16. The molecular weight excluding hydrogens is 666 g/mol. The maximum Gasteiger partial charge on any atom is 0.243 e. The minimum absolute atomic E-state index is 0.0381. The number of hydrogen-bond acceptors (Lipinski definition) is 7. The van der Waals surface area contributed by atoms with Gasteiger partial charge >= 0.3 is 0 Å². The Balaban J connectivity index is 1.36. The maximum atomic E-state index is 14.3. The fourth-order valence-electron chi connectivity index (χ4n) is 6.86. The number of amides is 3. The molecule has 1 heterocycles. The Labute approximate surface area is 303 Å². The Kier molecular flexibility index (Phi) is 13.8. The summed E-state index contributed by atoms with van der Waals surface area (Å²) < 4.78 is 14.5. The molecule has 5 rings (SSSR count). The molecule has 5 N–H and O–H groups in total. The molecule has 0 saturated heterocycles. The summed E-state index contributed by atoms with van der Waals surface area (Å²) in [5, 5.41) is 9.62. The number of unbranched alkanes of at least 4 members (excludes halogenated alkanes) is 1. The van der Waals surface area contributed by atoms with Gasteiger partial charge in [-0.3, -0.25) is 19.2 Å². The summed E-state index contributed by atoms with van der Waals surface area (Å²) in [7, 11) is 0. The summed E-state index contributed by atoms with van der Waals surface area (Å²) in [5.41, 5.74) is 8.27. The van der Waals surface area contributed by atoms with Crippen molar-refractivity contribution in [2.75, 3.05) is 6.54 Å². The highest BCUT2D eigenvalue weighted by molar-refractivity contribution is 7.18. The molecule has 0 aliphatic heterocycles. The summed E-state index contributed by atoms with van der Waals surface area (Å²) >= 11 is 1.26. The largest absolute Gasteiger partial charge is 0.345 e. The van der Waals surface area contributed by atoms with Crippen molar-refractivity contribution in [1.82, 2.24) is 20.9 Å². The molecular formula is C40H48FN5O4S. The number of nitrogens with zero attached hydrogens (tertiary/aromatic N) is 1. The van der Waals surface area contributed by atoms with Gasteiger partial charge in [0.2, 0.25) is 17.7 Å². The number of ketones is 1. The minimum atomic E-state index is -0.985. The molecule has 0 bridgehead atoms. The summed E-state index contributed by atoms with van der Waals surface area (Å²) in [5.74, 6) is -2.30. The lowest BCUT2D eigenvalue weighted by Crippen LogP contribution is -2.54. The first-order valence-electron chi connectivity index (χ1n) is 18.0. The molecule has 0 unspecified atom stereocenters. The van der Waals surface area contributed by atoms with Gasteiger partial charge < -0.3 is 21.7 Å². The number of Topliss-reactive ketones (excluding diaryl/α,β-unsaturated/α-hetero) is 1. The maximum absolute atomic E-state index is 14.3. The van der Waals surface area contributed by atoms with E-state index in [1.807, 2.05) is 60.7 Å². The normalized spacial score (nSPS) is 15.0. The van der Waals surface area contributed by atoms with E-state index in [9.17, 15) is 23.6 Å². The first kappa shape index (κ1) is 37.8. The third-order valence-corrected chi connectivity index (χ3v) is 10.7. The van der Waals surface area contributed by atoms with Crippen molar-refractivity contribution in [3.63, 3.8) is 0 Å². The van der Waals surface area contributed by atoms with Gasteiger partial charge in [-0.2, -0.15) is 0 Å². The van der Waals surface area contributed by atoms with Crippen molar-refractivity contribution in [1.29, 1.82) is 0 Å². The van der Waals surface area contributed by atoms with E-state index in [-0.39, 0.29) is 48.6 Å². The average molecular weight is 714 g/mol. The quantitative estimate of drug-likeness (QED) is 0.0911. The van der Waals surface area contributed by atoms with Crippen LogP contribution in [0, 0.1) is 17.7 Å². The van der Waals surface area contributed by atoms with Gasteiger partial charge in [0.15, 0.2) is 5.78 Å². The lowest BCUT2D eigenvalue weighted by atomic mass is 9.86. The molecule has 0 radical (unpaired) electrons. The monoisotopic (exact) mass is 713 g/mol. The van der Waals surface area contributed by atoms with Crippen molar-refractivity contribution in [3.8, 4) is 0 Å². The van der Waals surface area contributed by atoms with Crippen molar-refractivity contribution in [3.05, 3.63) is 101 Å². The van der Waals surface area contributed by atoms with Gasteiger partial charge in [0.25, 0.3) is 0 Å². The predicted molar refractivity (Wildman–Crippen MR) is 198 cm³/mol. The second-order valence-corrected chi connectivity index (χ2v) is 14.5. The minimum Gasteiger partial charge on any atom is -0.345 e. The van der Waals surface area contributed by atoms with Crippen molar-refractivity contribution < 1.29 is 23.6 Å². The van der Waals surface area contributed by atoms with Crippen LogP contribution in [0.25, 0.3) is 10.2 Å². The Morgan fingerprint density at radius 3 is 2.18 bits per heavy atom. The van der Waals surface area contributed by atoms with Gasteiger partial charge in [-0.25, -0.2) is 9.37 Å². The Morgan fingerprint density at radius 1 is 0.882 bits per heavy atom. The lowest BCUT2D eigenvalue weighted by Gasteiger charge is -2.28. The number of rotatable bonds is 18. The SMILES string of the molecule is CCC(=O)N[C@@H](Cc1nc2ccc(F)cc2s1)C(=O)N[C@H](C(=O)C[C@@H](CCCCN)C(=O)NC(c1ccccc1)c1ccccc1)C1CCCC1. The van der Waals surface area contributed by atoms with Crippen LogP contribution in [-0.4, -0.2) is 47.1 Å². The number of hydrogen-bond donors (Lipinski definition) is 4. The number of carbonyl (C=O) groups excluding carboxylic acids is 4. The van der Waals surface area contributed by atoms with Crippen LogP contribution in [0.4, 0.5) is 4.39 Å². The fraction of sp³-hybridized carbons (Fsp3) is 0.425. The van der Waals surface area contributed by atoms with Gasteiger partial charge in [-0.1, -0.05) is 86.8 Å². The number of benzene rings is 3. The van der Waals surface area contributed by atoms with Crippen LogP contribution in [0.3, 0.4) is 0 Å². The third kappa shape index (κ3) is 10.5. The number of halogens is 1. The third-order valence-electron chi connectivity index (χ3n) is 9.64. The zero-order chi connectivity index (χ0) is 36.2. The zero-order valence-electron chi connectivity index (χ0n) is 29.1. The Hall–Kier alpha value is -4.48. The van der Waals surface area contributed by atoms with E-state index in [4.69, 9.17) is 5.73 Å². The Morgan fingerprint density at radius 2 is 1.55 bits per heavy atom. The van der Waals surface area contributed by atoms with E-state index in [0.29, 0.717) is 34.6 Å². The molecule has 9 nitrogen and oxygen atoms in total. The molecule has 51 heavy (non-hydrogen) atoms. The summed E-state index contributed by atoms with van der Waals surface area (Å²) in [4.78, 5) is 59.5. The number of nitrogens with two attached hydrogens (primary N) is 1. The highest BCUT2D eigenvalue weighted by Crippen LogP contribution is 2.31. The number of thiazole rings is 1. The summed E-state index contributed by atoms with van der Waals surface area (Å²) in [6.07, 6.45) is 5.55. The Bertz CT molecular complexity index is 1720. The first-order chi connectivity index (χ1) is 24.7. The first-order valence-corrected chi connectivity index (χ1v) is 18.8. The molecule has 3 amide bonds. The van der Waals surface area contributed by atoms with Crippen LogP contribution in [0.5, 0.6) is 0 Å². The van der Waals surface area contributed by atoms with Gasteiger partial charge in [0, 0.05) is 25.2 Å². The average Bonchev–Trinajstić information content (AvgIpc) is 3.82. The molecule has 3 aromatic carbocycles. The second-order valence-electron chi connectivity index (χ2n) is 13.3. The highest BCUT2D eigenvalue weighted by atomic mass is 32.1. The molecule has 270 valence electrons. The summed E-state index contributed by atoms with van der Waals surface area (Å²) in [6, 6.07) is 21.6. The molecule has 0 spiro atoms. The van der Waals surface area contributed by atoms with E-state index in [0.717, 1.165) is 43.2 Å².